The number of nitrogens with zero attached hydrogens (tertiary/aromatic N) is 2. The fourth-order valence-electron chi connectivity index (χ4n) is 3.48. The third kappa shape index (κ3) is 3.35. The molecule has 0 radical (unpaired) electrons. The van der Waals surface area contributed by atoms with Crippen LogP contribution in [0, 0.1) is 12.8 Å². The lowest BCUT2D eigenvalue weighted by Crippen LogP contribution is -2.30. The van der Waals surface area contributed by atoms with Crippen LogP contribution in [0.4, 0.5) is 0 Å². The quantitative estimate of drug-likeness (QED) is 0.755. The molecule has 3 heterocycles. The van der Waals surface area contributed by atoms with E-state index in [1.54, 1.807) is 7.05 Å². The second kappa shape index (κ2) is 7.15. The molecule has 1 N–H and O–H groups in total. The average Bonchev–Trinajstić information content (AvgIpc) is 2.87. The summed E-state index contributed by atoms with van der Waals surface area (Å²) >= 11 is 1.27. The normalized spacial score (nSPS) is 16.4. The third-order valence-corrected chi connectivity index (χ3v) is 6.23. The number of carbonyl (C=O) groups is 1. The van der Waals surface area contributed by atoms with Gasteiger partial charge in [0.05, 0.1) is 23.2 Å². The van der Waals surface area contributed by atoms with Gasteiger partial charge in [0.15, 0.2) is 0 Å². The second-order valence-corrected chi connectivity index (χ2v) is 7.92. The molecule has 1 atom stereocenters. The van der Waals surface area contributed by atoms with Gasteiger partial charge in [0, 0.05) is 13.6 Å². The zero-order chi connectivity index (χ0) is 19.0. The minimum Gasteiger partial charge on any atom is -0.493 e. The second-order valence-electron chi connectivity index (χ2n) is 6.92. The first kappa shape index (κ1) is 17.7. The number of rotatable bonds is 3. The number of aryl methyl sites for hydroxylation is 2. The fraction of sp³-hybridized carbons (Fsp3) is 0.350. The van der Waals surface area contributed by atoms with E-state index in [-0.39, 0.29) is 11.5 Å². The standard InChI is InChI=1S/C20H21N3O3S/c1-12-16-19(22-11-23(2)20(16)25)27-17(12)18(24)21-10-13-7-8-26-15-6-4-3-5-14(15)9-13/h3-6,11,13H,7-10H2,1-2H3,(H,21,24)/t13-/m1/s1. The highest BCUT2D eigenvalue weighted by atomic mass is 32.1. The van der Waals surface area contributed by atoms with Gasteiger partial charge in [-0.15, -0.1) is 11.3 Å². The lowest BCUT2D eigenvalue weighted by molar-refractivity contribution is 0.0949. The Labute approximate surface area is 160 Å². The summed E-state index contributed by atoms with van der Waals surface area (Å²) in [6.45, 7) is 3.04. The first-order valence-corrected chi connectivity index (χ1v) is 9.80. The van der Waals surface area contributed by atoms with E-state index in [1.807, 2.05) is 25.1 Å². The minimum absolute atomic E-state index is 0.120. The van der Waals surface area contributed by atoms with Crippen molar-refractivity contribution in [3.8, 4) is 5.75 Å². The van der Waals surface area contributed by atoms with E-state index in [4.69, 9.17) is 4.74 Å². The highest BCUT2D eigenvalue weighted by Crippen LogP contribution is 2.28. The van der Waals surface area contributed by atoms with Crippen molar-refractivity contribution in [2.45, 2.75) is 19.8 Å². The molecule has 27 heavy (non-hydrogen) atoms. The average molecular weight is 383 g/mol. The van der Waals surface area contributed by atoms with Crippen LogP contribution in [0.5, 0.6) is 5.75 Å². The van der Waals surface area contributed by atoms with Crippen molar-refractivity contribution in [3.05, 3.63) is 57.0 Å². The molecule has 140 valence electrons. The van der Waals surface area contributed by atoms with Crippen molar-refractivity contribution < 1.29 is 9.53 Å². The van der Waals surface area contributed by atoms with E-state index in [0.29, 0.717) is 39.7 Å². The number of para-hydroxylation sites is 1. The van der Waals surface area contributed by atoms with E-state index >= 15 is 0 Å². The number of benzene rings is 1. The Morgan fingerprint density at radius 2 is 2.22 bits per heavy atom. The molecule has 1 aromatic carbocycles. The summed E-state index contributed by atoms with van der Waals surface area (Å²) in [6.07, 6.45) is 3.26. The molecule has 1 aliphatic rings. The molecule has 6 nitrogen and oxygen atoms in total. The molecule has 7 heteroatoms. The zero-order valence-electron chi connectivity index (χ0n) is 15.3. The van der Waals surface area contributed by atoms with Gasteiger partial charge in [0.25, 0.3) is 11.5 Å². The Morgan fingerprint density at radius 3 is 3.07 bits per heavy atom. The molecule has 0 spiro atoms. The zero-order valence-corrected chi connectivity index (χ0v) is 16.1. The van der Waals surface area contributed by atoms with Gasteiger partial charge in [-0.1, -0.05) is 18.2 Å². The van der Waals surface area contributed by atoms with Crippen LogP contribution in [0.1, 0.15) is 27.2 Å². The smallest absolute Gasteiger partial charge is 0.262 e. The molecule has 0 aliphatic carbocycles. The summed E-state index contributed by atoms with van der Waals surface area (Å²) in [5.74, 6) is 1.11. The van der Waals surface area contributed by atoms with Crippen LogP contribution in [0.15, 0.2) is 35.4 Å². The number of amides is 1. The van der Waals surface area contributed by atoms with E-state index < -0.39 is 0 Å². The number of aromatic nitrogens is 2. The maximum Gasteiger partial charge on any atom is 0.262 e. The summed E-state index contributed by atoms with van der Waals surface area (Å²) < 4.78 is 7.23. The molecule has 2 aromatic heterocycles. The molecule has 1 aliphatic heterocycles. The first-order valence-electron chi connectivity index (χ1n) is 8.98. The highest BCUT2D eigenvalue weighted by molar-refractivity contribution is 7.20. The van der Waals surface area contributed by atoms with Gasteiger partial charge in [-0.05, 0) is 42.9 Å². The van der Waals surface area contributed by atoms with Crippen molar-refractivity contribution in [2.24, 2.45) is 13.0 Å². The lowest BCUT2D eigenvalue weighted by Gasteiger charge is -2.14. The summed E-state index contributed by atoms with van der Waals surface area (Å²) in [6, 6.07) is 8.05. The Bertz CT molecular complexity index is 1070. The Balaban J connectivity index is 1.50. The van der Waals surface area contributed by atoms with Crippen LogP contribution >= 0.6 is 11.3 Å². The Kier molecular flexibility index (Phi) is 4.70. The molecule has 0 unspecified atom stereocenters. The van der Waals surface area contributed by atoms with Gasteiger partial charge >= 0.3 is 0 Å². The lowest BCUT2D eigenvalue weighted by atomic mass is 9.97. The van der Waals surface area contributed by atoms with Gasteiger partial charge in [0.2, 0.25) is 0 Å². The van der Waals surface area contributed by atoms with E-state index in [2.05, 4.69) is 16.4 Å². The number of hydrogen-bond donors (Lipinski definition) is 1. The number of hydrogen-bond acceptors (Lipinski definition) is 5. The first-order chi connectivity index (χ1) is 13.0. The van der Waals surface area contributed by atoms with Gasteiger partial charge in [-0.3, -0.25) is 9.59 Å². The molecular formula is C20H21N3O3S. The van der Waals surface area contributed by atoms with E-state index in [0.717, 1.165) is 18.6 Å². The van der Waals surface area contributed by atoms with Gasteiger partial charge in [0.1, 0.15) is 10.6 Å². The monoisotopic (exact) mass is 383 g/mol. The van der Waals surface area contributed by atoms with Gasteiger partial charge in [-0.2, -0.15) is 0 Å². The van der Waals surface area contributed by atoms with Gasteiger partial charge in [-0.25, -0.2) is 4.98 Å². The van der Waals surface area contributed by atoms with Gasteiger partial charge < -0.3 is 14.6 Å². The summed E-state index contributed by atoms with van der Waals surface area (Å²) in [7, 11) is 1.66. The molecule has 0 saturated heterocycles. The molecule has 4 rings (SSSR count). The number of ether oxygens (including phenoxy) is 1. The number of carbonyl (C=O) groups excluding carboxylic acids is 1. The summed E-state index contributed by atoms with van der Waals surface area (Å²) in [5, 5.41) is 3.58. The van der Waals surface area contributed by atoms with Crippen molar-refractivity contribution in [1.29, 1.82) is 0 Å². The van der Waals surface area contributed by atoms with E-state index in [9.17, 15) is 9.59 Å². The predicted octanol–water partition coefficient (Wildman–Crippen LogP) is 2.67. The van der Waals surface area contributed by atoms with Crippen LogP contribution in [-0.2, 0) is 13.5 Å². The largest absolute Gasteiger partial charge is 0.493 e. The number of thiophene rings is 1. The van der Waals surface area contributed by atoms with Crippen LogP contribution in [-0.4, -0.2) is 28.6 Å². The van der Waals surface area contributed by atoms with Crippen LogP contribution in [0.3, 0.4) is 0 Å². The molecule has 1 amide bonds. The van der Waals surface area contributed by atoms with Crippen molar-refractivity contribution in [3.63, 3.8) is 0 Å². The van der Waals surface area contributed by atoms with Crippen LogP contribution < -0.4 is 15.6 Å². The number of nitrogens with one attached hydrogen (secondary N) is 1. The summed E-state index contributed by atoms with van der Waals surface area (Å²) in [4.78, 5) is 30.5. The minimum atomic E-state index is -0.143. The van der Waals surface area contributed by atoms with Crippen molar-refractivity contribution in [1.82, 2.24) is 14.9 Å². The molecule has 0 fully saturated rings. The third-order valence-electron chi connectivity index (χ3n) is 5.03. The molecule has 0 bridgehead atoms. The summed E-state index contributed by atoms with van der Waals surface area (Å²) in [5.41, 5.74) is 1.76. The van der Waals surface area contributed by atoms with Crippen LogP contribution in [0.25, 0.3) is 10.2 Å². The maximum absolute atomic E-state index is 12.7. The topological polar surface area (TPSA) is 73.2 Å². The van der Waals surface area contributed by atoms with Crippen LogP contribution in [0.2, 0.25) is 0 Å². The maximum atomic E-state index is 12.7. The molecular weight excluding hydrogens is 362 g/mol. The predicted molar refractivity (Wildman–Crippen MR) is 106 cm³/mol. The van der Waals surface area contributed by atoms with Crippen molar-refractivity contribution in [2.75, 3.05) is 13.2 Å². The fourth-order valence-corrected chi connectivity index (χ4v) is 4.53. The Morgan fingerprint density at radius 1 is 1.41 bits per heavy atom. The molecule has 3 aromatic rings. The molecule has 0 saturated carbocycles. The Hall–Kier alpha value is -2.67. The highest BCUT2D eigenvalue weighted by Gasteiger charge is 2.21. The SMILES string of the molecule is Cc1c(C(=O)NC[C@@H]2CCOc3ccccc3C2)sc2ncn(C)c(=O)c12. The van der Waals surface area contributed by atoms with Crippen molar-refractivity contribution >= 4 is 27.5 Å². The van der Waals surface area contributed by atoms with E-state index in [1.165, 1.54) is 27.8 Å². The number of fused-ring (bicyclic) bond motifs is 2.